The number of aromatic nitrogens is 10. The first-order valence-electron chi connectivity index (χ1n) is 18.7. The number of hydrogen-bond acceptors (Lipinski definition) is 15. The Kier molecular flexibility index (Phi) is 12.5. The Morgan fingerprint density at radius 3 is 2.50 bits per heavy atom. The maximum absolute atomic E-state index is 13.3. The van der Waals surface area contributed by atoms with Gasteiger partial charge in [0.05, 0.1) is 47.1 Å². The SMILES string of the molecule is CC.COc1ccc2c(OCc3nnc4ccc(-c5cc(C(F)(F)F)no5)cn34)ccnc2c1.Cc1cc(-c2ccc(=N)n(C(=N)CNc3ccnc4cc(F)cnc34)n2)sn1. The number of methoxy groups -OCH3 is 1. The van der Waals surface area contributed by atoms with E-state index < -0.39 is 17.7 Å². The van der Waals surface area contributed by atoms with Gasteiger partial charge in [0.15, 0.2) is 22.9 Å². The molecule has 0 aliphatic rings. The number of ether oxygens (including phenoxy) is 2. The van der Waals surface area contributed by atoms with Gasteiger partial charge in [0.1, 0.15) is 46.5 Å². The number of pyridine rings is 4. The average molecular weight is 866 g/mol. The lowest BCUT2D eigenvalue weighted by atomic mass is 10.2. The third-order valence-electron chi connectivity index (χ3n) is 8.79. The molecule has 8 aromatic heterocycles. The van der Waals surface area contributed by atoms with Crippen LogP contribution in [0.25, 0.3) is 49.5 Å². The molecule has 8 heterocycles. The van der Waals surface area contributed by atoms with Crippen LogP contribution in [0.1, 0.15) is 31.1 Å². The minimum Gasteiger partial charge on any atom is -0.497 e. The van der Waals surface area contributed by atoms with Crippen LogP contribution in [0.15, 0.2) is 102 Å². The Hall–Kier alpha value is -7.68. The van der Waals surface area contributed by atoms with Gasteiger partial charge in [0, 0.05) is 47.7 Å². The molecule has 0 amide bonds. The van der Waals surface area contributed by atoms with E-state index in [0.717, 1.165) is 28.2 Å². The van der Waals surface area contributed by atoms with Crippen molar-refractivity contribution in [2.45, 2.75) is 33.6 Å². The van der Waals surface area contributed by atoms with E-state index in [2.05, 4.69) is 45.1 Å². The Morgan fingerprint density at radius 1 is 0.935 bits per heavy atom. The largest absolute Gasteiger partial charge is 0.497 e. The second-order valence-electron chi connectivity index (χ2n) is 12.8. The zero-order chi connectivity index (χ0) is 44.0. The summed E-state index contributed by atoms with van der Waals surface area (Å²) in [7, 11) is 1.58. The van der Waals surface area contributed by atoms with Gasteiger partial charge >= 0.3 is 6.18 Å². The summed E-state index contributed by atoms with van der Waals surface area (Å²) in [5.41, 5.74) is 3.71. The zero-order valence-electron chi connectivity index (χ0n) is 33.3. The van der Waals surface area contributed by atoms with Crippen molar-refractivity contribution in [1.29, 1.82) is 10.8 Å². The Morgan fingerprint density at radius 2 is 1.74 bits per heavy atom. The van der Waals surface area contributed by atoms with Crippen molar-refractivity contribution < 1.29 is 31.6 Å². The van der Waals surface area contributed by atoms with Crippen molar-refractivity contribution in [2.24, 2.45) is 0 Å². The van der Waals surface area contributed by atoms with Gasteiger partial charge < -0.3 is 19.3 Å². The molecule has 21 heteroatoms. The lowest BCUT2D eigenvalue weighted by Gasteiger charge is -2.12. The van der Waals surface area contributed by atoms with Crippen LogP contribution < -0.4 is 20.3 Å². The number of benzene rings is 1. The van der Waals surface area contributed by atoms with Gasteiger partial charge in [-0.2, -0.15) is 27.3 Å². The molecule has 0 aliphatic carbocycles. The number of aryl methyl sites for hydroxylation is 1. The van der Waals surface area contributed by atoms with Crippen LogP contribution in [0.3, 0.4) is 0 Å². The minimum absolute atomic E-state index is 0.0196. The number of hydrogen-bond donors (Lipinski definition) is 3. The van der Waals surface area contributed by atoms with Gasteiger partial charge in [-0.25, -0.2) is 9.37 Å². The molecule has 1 aromatic carbocycles. The quantitative estimate of drug-likeness (QED) is 0.0711. The summed E-state index contributed by atoms with van der Waals surface area (Å²) in [5, 5.41) is 36.0. The van der Waals surface area contributed by atoms with Crippen molar-refractivity contribution in [3.8, 4) is 33.4 Å². The number of rotatable bonds is 9. The summed E-state index contributed by atoms with van der Waals surface area (Å²) in [6.45, 7) is 6.07. The van der Waals surface area contributed by atoms with Gasteiger partial charge in [0.2, 0.25) is 0 Å². The lowest BCUT2D eigenvalue weighted by molar-refractivity contribution is -0.142. The number of nitrogens with one attached hydrogen (secondary N) is 3. The molecule has 0 saturated heterocycles. The number of alkyl halides is 3. The molecule has 9 aromatic rings. The van der Waals surface area contributed by atoms with E-state index in [1.807, 2.05) is 39.0 Å². The summed E-state index contributed by atoms with van der Waals surface area (Å²) in [6, 6.07) is 19.5. The van der Waals surface area contributed by atoms with E-state index in [1.165, 1.54) is 22.3 Å². The summed E-state index contributed by atoms with van der Waals surface area (Å²) in [6.07, 6.45) is 1.28. The molecule has 0 spiro atoms. The summed E-state index contributed by atoms with van der Waals surface area (Å²) < 4.78 is 75.0. The normalized spacial score (nSPS) is 11.2. The second kappa shape index (κ2) is 18.3. The van der Waals surface area contributed by atoms with Crippen LogP contribution in [0.5, 0.6) is 11.5 Å². The Balaban J connectivity index is 0.000000181. The van der Waals surface area contributed by atoms with Gasteiger partial charge in [-0.1, -0.05) is 19.0 Å². The first kappa shape index (κ1) is 42.4. The number of fused-ring (bicyclic) bond motifs is 3. The van der Waals surface area contributed by atoms with E-state index in [-0.39, 0.29) is 30.2 Å². The van der Waals surface area contributed by atoms with E-state index in [1.54, 1.807) is 72.6 Å². The highest BCUT2D eigenvalue weighted by atomic mass is 32.1. The van der Waals surface area contributed by atoms with Gasteiger partial charge in [-0.3, -0.25) is 25.2 Å². The van der Waals surface area contributed by atoms with Crippen LogP contribution in [-0.4, -0.2) is 68.4 Å². The first-order chi connectivity index (χ1) is 29.9. The van der Waals surface area contributed by atoms with Crippen LogP contribution >= 0.6 is 11.5 Å². The molecule has 16 nitrogen and oxygen atoms in total. The highest BCUT2D eigenvalue weighted by Gasteiger charge is 2.35. The summed E-state index contributed by atoms with van der Waals surface area (Å²) in [4.78, 5) is 13.4. The van der Waals surface area contributed by atoms with Crippen LogP contribution in [-0.2, 0) is 12.8 Å². The van der Waals surface area contributed by atoms with Crippen molar-refractivity contribution >= 4 is 50.6 Å². The molecule has 0 bridgehead atoms. The maximum atomic E-state index is 13.3. The molecular formula is C41H35F4N13O3S. The number of halogens is 4. The molecule has 0 atom stereocenters. The fourth-order valence-corrected chi connectivity index (χ4v) is 6.59. The molecule has 0 unspecified atom stereocenters. The zero-order valence-corrected chi connectivity index (χ0v) is 34.1. The smallest absolute Gasteiger partial charge is 0.436 e. The predicted octanol–water partition coefficient (Wildman–Crippen LogP) is 8.38. The second-order valence-corrected chi connectivity index (χ2v) is 13.7. The standard InChI is InChI=1S/C21H14F3N5O3.C18H15FN8S.C2H6/c1-30-13-3-4-14-15(8-13)25-7-6-16(14)31-11-20-27-26-19-5-2-12(10-29(19)20)17-9-18(28-32-17)21(22,23)24;1-10-6-15(28-26-10)12-2-3-16(20)27(25-12)17(21)9-23-13-4-5-22-14-7-11(19)8-24-18(13)14;1-2/h2-10H,11H2,1H3;2-8,20-21H,9H2,1H3,(H,22,23);1-2H3. The van der Waals surface area contributed by atoms with Crippen LogP contribution in [0.4, 0.5) is 23.2 Å². The van der Waals surface area contributed by atoms with Crippen LogP contribution in [0.2, 0.25) is 0 Å². The third kappa shape index (κ3) is 9.36. The predicted molar refractivity (Wildman–Crippen MR) is 222 cm³/mol. The summed E-state index contributed by atoms with van der Waals surface area (Å²) in [5.74, 6) is 1.33. The number of anilines is 1. The molecule has 9 rings (SSSR count). The van der Waals surface area contributed by atoms with E-state index in [9.17, 15) is 17.6 Å². The van der Waals surface area contributed by atoms with E-state index >= 15 is 0 Å². The van der Waals surface area contributed by atoms with Crippen molar-refractivity contribution in [2.75, 3.05) is 19.0 Å². The molecule has 62 heavy (non-hydrogen) atoms. The molecule has 0 saturated carbocycles. The third-order valence-corrected chi connectivity index (χ3v) is 9.69. The minimum atomic E-state index is -4.58. The highest BCUT2D eigenvalue weighted by Crippen LogP contribution is 2.32. The molecule has 0 radical (unpaired) electrons. The average Bonchev–Trinajstić information content (AvgIpc) is 4.06. The molecule has 316 valence electrons. The topological polar surface area (TPSA) is 204 Å². The molecular weight excluding hydrogens is 831 g/mol. The molecule has 0 fully saturated rings. The molecule has 3 N–H and O–H groups in total. The fourth-order valence-electron chi connectivity index (χ4n) is 5.87. The molecule has 0 aliphatic heterocycles. The number of nitrogens with zero attached hydrogens (tertiary/aromatic N) is 10. The van der Waals surface area contributed by atoms with Gasteiger partial charge in [-0.15, -0.1) is 10.2 Å². The van der Waals surface area contributed by atoms with Crippen molar-refractivity contribution in [3.63, 3.8) is 0 Å². The highest BCUT2D eigenvalue weighted by molar-refractivity contribution is 7.09. The van der Waals surface area contributed by atoms with E-state index in [4.69, 9.17) is 24.8 Å². The van der Waals surface area contributed by atoms with Gasteiger partial charge in [0.25, 0.3) is 0 Å². The lowest BCUT2D eigenvalue weighted by Crippen LogP contribution is -2.33. The Labute approximate surface area is 353 Å². The first-order valence-corrected chi connectivity index (χ1v) is 19.4. The monoisotopic (exact) mass is 865 g/mol. The van der Waals surface area contributed by atoms with Crippen molar-refractivity contribution in [3.05, 3.63) is 126 Å². The fraction of sp³-hybridized carbons (Fsp3) is 0.171. The van der Waals surface area contributed by atoms with E-state index in [0.29, 0.717) is 56.5 Å². The van der Waals surface area contributed by atoms with Crippen molar-refractivity contribution in [1.82, 2.24) is 48.9 Å². The Bertz CT molecular complexity index is 3090. The van der Waals surface area contributed by atoms with Gasteiger partial charge in [-0.05, 0) is 73.1 Å². The maximum Gasteiger partial charge on any atom is 0.436 e. The van der Waals surface area contributed by atoms with Crippen LogP contribution in [0, 0.1) is 23.6 Å². The summed E-state index contributed by atoms with van der Waals surface area (Å²) >= 11 is 1.32.